The number of hydrogen-bond donors (Lipinski definition) is 0. The van der Waals surface area contributed by atoms with Gasteiger partial charge in [-0.05, 0) is 38.1 Å². The highest BCUT2D eigenvalue weighted by molar-refractivity contribution is 5.80. The molecule has 1 atom stereocenters. The SMILES string of the molecule is COc1ccc(CN(C)C(=O)C(C)Oc2ccc(C)cc2)c(OC)c1. The molecule has 0 aromatic heterocycles. The van der Waals surface area contributed by atoms with Crippen molar-refractivity contribution in [1.29, 1.82) is 0 Å². The minimum Gasteiger partial charge on any atom is -0.497 e. The van der Waals surface area contributed by atoms with Gasteiger partial charge in [0.1, 0.15) is 17.2 Å². The second-order valence-corrected chi connectivity index (χ2v) is 5.95. The summed E-state index contributed by atoms with van der Waals surface area (Å²) in [5, 5.41) is 0. The molecule has 134 valence electrons. The third-order valence-electron chi connectivity index (χ3n) is 3.96. The molecule has 0 aliphatic carbocycles. The van der Waals surface area contributed by atoms with Gasteiger partial charge in [0.2, 0.25) is 0 Å². The Morgan fingerprint density at radius 3 is 2.28 bits per heavy atom. The van der Waals surface area contributed by atoms with Crippen LogP contribution in [0.25, 0.3) is 0 Å². The topological polar surface area (TPSA) is 48.0 Å². The summed E-state index contributed by atoms with van der Waals surface area (Å²) in [6.45, 7) is 4.19. The van der Waals surface area contributed by atoms with Gasteiger partial charge in [0.05, 0.1) is 14.2 Å². The van der Waals surface area contributed by atoms with Crippen LogP contribution in [0.15, 0.2) is 42.5 Å². The van der Waals surface area contributed by atoms with Crippen LogP contribution < -0.4 is 14.2 Å². The third kappa shape index (κ3) is 4.89. The lowest BCUT2D eigenvalue weighted by atomic mass is 10.1. The van der Waals surface area contributed by atoms with Gasteiger partial charge in [-0.1, -0.05) is 17.7 Å². The zero-order chi connectivity index (χ0) is 18.4. The molecule has 2 aromatic carbocycles. The lowest BCUT2D eigenvalue weighted by Gasteiger charge is -2.23. The summed E-state index contributed by atoms with van der Waals surface area (Å²) >= 11 is 0. The third-order valence-corrected chi connectivity index (χ3v) is 3.96. The Morgan fingerprint density at radius 1 is 1.04 bits per heavy atom. The Morgan fingerprint density at radius 2 is 1.68 bits per heavy atom. The molecule has 0 bridgehead atoms. The van der Waals surface area contributed by atoms with E-state index in [4.69, 9.17) is 14.2 Å². The molecule has 2 aromatic rings. The molecule has 0 fully saturated rings. The standard InChI is InChI=1S/C20H25NO4/c1-14-6-9-17(10-7-14)25-15(2)20(22)21(3)13-16-8-11-18(23-4)12-19(16)24-5/h6-12,15H,13H2,1-5H3. The predicted octanol–water partition coefficient (Wildman–Crippen LogP) is 3.44. The van der Waals surface area contributed by atoms with E-state index in [9.17, 15) is 4.79 Å². The summed E-state index contributed by atoms with van der Waals surface area (Å²) in [5.41, 5.74) is 2.05. The zero-order valence-corrected chi connectivity index (χ0v) is 15.4. The number of benzene rings is 2. The second kappa shape index (κ2) is 8.42. The first-order valence-corrected chi connectivity index (χ1v) is 8.13. The fraction of sp³-hybridized carbons (Fsp3) is 0.350. The monoisotopic (exact) mass is 343 g/mol. The summed E-state index contributed by atoms with van der Waals surface area (Å²) in [5.74, 6) is 1.98. The van der Waals surface area contributed by atoms with Crippen molar-refractivity contribution in [1.82, 2.24) is 4.90 Å². The van der Waals surface area contributed by atoms with Crippen molar-refractivity contribution >= 4 is 5.91 Å². The maximum atomic E-state index is 12.6. The van der Waals surface area contributed by atoms with Gasteiger partial charge < -0.3 is 19.1 Å². The first kappa shape index (κ1) is 18.6. The Labute approximate surface area is 149 Å². The molecule has 25 heavy (non-hydrogen) atoms. The number of carbonyl (C=O) groups is 1. The van der Waals surface area contributed by atoms with Crippen LogP contribution in [0.4, 0.5) is 0 Å². The van der Waals surface area contributed by atoms with Gasteiger partial charge in [-0.15, -0.1) is 0 Å². The van der Waals surface area contributed by atoms with Gasteiger partial charge >= 0.3 is 0 Å². The molecule has 0 heterocycles. The minimum atomic E-state index is -0.572. The summed E-state index contributed by atoms with van der Waals surface area (Å²) in [6.07, 6.45) is -0.572. The Balaban J connectivity index is 2.03. The summed E-state index contributed by atoms with van der Waals surface area (Å²) in [6, 6.07) is 13.2. The van der Waals surface area contributed by atoms with E-state index in [0.717, 1.165) is 11.1 Å². The molecule has 5 nitrogen and oxygen atoms in total. The van der Waals surface area contributed by atoms with E-state index in [1.165, 1.54) is 0 Å². The van der Waals surface area contributed by atoms with Crippen LogP contribution in [0.5, 0.6) is 17.2 Å². The number of methoxy groups -OCH3 is 2. The molecule has 0 aliphatic rings. The highest BCUT2D eigenvalue weighted by atomic mass is 16.5. The summed E-state index contributed by atoms with van der Waals surface area (Å²) in [4.78, 5) is 14.2. The van der Waals surface area contributed by atoms with Crippen molar-refractivity contribution in [2.45, 2.75) is 26.5 Å². The van der Waals surface area contributed by atoms with Crippen molar-refractivity contribution in [2.75, 3.05) is 21.3 Å². The molecule has 0 saturated heterocycles. The molecule has 0 radical (unpaired) electrons. The zero-order valence-electron chi connectivity index (χ0n) is 15.4. The average molecular weight is 343 g/mol. The van der Waals surface area contributed by atoms with Gasteiger partial charge in [-0.2, -0.15) is 0 Å². The van der Waals surface area contributed by atoms with Gasteiger partial charge in [-0.3, -0.25) is 4.79 Å². The maximum Gasteiger partial charge on any atom is 0.263 e. The van der Waals surface area contributed by atoms with E-state index in [0.29, 0.717) is 23.8 Å². The minimum absolute atomic E-state index is 0.0987. The van der Waals surface area contributed by atoms with Gasteiger partial charge in [-0.25, -0.2) is 0 Å². The van der Waals surface area contributed by atoms with E-state index in [2.05, 4.69) is 0 Å². The van der Waals surface area contributed by atoms with Crippen molar-refractivity contribution in [3.05, 3.63) is 53.6 Å². The normalized spacial score (nSPS) is 11.6. The number of nitrogens with zero attached hydrogens (tertiary/aromatic N) is 1. The van der Waals surface area contributed by atoms with Gasteiger partial charge in [0, 0.05) is 25.2 Å². The lowest BCUT2D eigenvalue weighted by Crippen LogP contribution is -2.37. The molecule has 2 rings (SSSR count). The number of hydrogen-bond acceptors (Lipinski definition) is 4. The van der Waals surface area contributed by atoms with E-state index >= 15 is 0 Å². The second-order valence-electron chi connectivity index (χ2n) is 5.95. The lowest BCUT2D eigenvalue weighted by molar-refractivity contribution is -0.137. The largest absolute Gasteiger partial charge is 0.497 e. The molecule has 0 spiro atoms. The van der Waals surface area contributed by atoms with Crippen molar-refractivity contribution < 1.29 is 19.0 Å². The van der Waals surface area contributed by atoms with Crippen LogP contribution in [0.1, 0.15) is 18.1 Å². The van der Waals surface area contributed by atoms with Gasteiger partial charge in [0.15, 0.2) is 6.10 Å². The molecular formula is C20H25NO4. The number of rotatable bonds is 7. The number of ether oxygens (including phenoxy) is 3. The highest BCUT2D eigenvalue weighted by Gasteiger charge is 2.20. The average Bonchev–Trinajstić information content (AvgIpc) is 2.63. The van der Waals surface area contributed by atoms with Crippen LogP contribution in [0.3, 0.4) is 0 Å². The van der Waals surface area contributed by atoms with E-state index in [-0.39, 0.29) is 5.91 Å². The van der Waals surface area contributed by atoms with Crippen molar-refractivity contribution in [3.63, 3.8) is 0 Å². The maximum absolute atomic E-state index is 12.6. The Kier molecular flexibility index (Phi) is 6.28. The van der Waals surface area contributed by atoms with E-state index in [1.54, 1.807) is 39.2 Å². The predicted molar refractivity (Wildman–Crippen MR) is 97.3 cm³/mol. The first-order chi connectivity index (χ1) is 11.9. The molecule has 0 N–H and O–H groups in total. The fourth-order valence-corrected chi connectivity index (χ4v) is 2.50. The van der Waals surface area contributed by atoms with Crippen LogP contribution in [-0.4, -0.2) is 38.2 Å². The Hall–Kier alpha value is -2.69. The van der Waals surface area contributed by atoms with Crippen molar-refractivity contribution in [3.8, 4) is 17.2 Å². The van der Waals surface area contributed by atoms with Crippen LogP contribution in [-0.2, 0) is 11.3 Å². The van der Waals surface area contributed by atoms with Crippen molar-refractivity contribution in [2.24, 2.45) is 0 Å². The molecule has 1 amide bonds. The molecule has 5 heteroatoms. The van der Waals surface area contributed by atoms with Crippen LogP contribution in [0, 0.1) is 6.92 Å². The molecule has 0 saturated carbocycles. The number of amides is 1. The quantitative estimate of drug-likeness (QED) is 0.773. The summed E-state index contributed by atoms with van der Waals surface area (Å²) < 4.78 is 16.3. The van der Waals surface area contributed by atoms with E-state index < -0.39 is 6.10 Å². The van der Waals surface area contributed by atoms with Gasteiger partial charge in [0.25, 0.3) is 5.91 Å². The first-order valence-electron chi connectivity index (χ1n) is 8.13. The molecular weight excluding hydrogens is 318 g/mol. The fourth-order valence-electron chi connectivity index (χ4n) is 2.50. The smallest absolute Gasteiger partial charge is 0.263 e. The number of carbonyl (C=O) groups excluding carboxylic acids is 1. The van der Waals surface area contributed by atoms with Crippen LogP contribution >= 0.6 is 0 Å². The highest BCUT2D eigenvalue weighted by Crippen LogP contribution is 2.25. The molecule has 1 unspecified atom stereocenters. The molecule has 0 aliphatic heterocycles. The Bertz CT molecular complexity index is 712. The number of aryl methyl sites for hydroxylation is 1. The van der Waals surface area contributed by atoms with E-state index in [1.807, 2.05) is 43.3 Å². The number of likely N-dealkylation sites (N-methyl/N-ethyl adjacent to an activating group) is 1. The van der Waals surface area contributed by atoms with Crippen LogP contribution in [0.2, 0.25) is 0 Å². The summed E-state index contributed by atoms with van der Waals surface area (Å²) in [7, 11) is 4.96.